The van der Waals surface area contributed by atoms with Crippen LogP contribution in [0.1, 0.15) is 23.3 Å². The summed E-state index contributed by atoms with van der Waals surface area (Å²) in [6, 6.07) is 42.2. The smallest absolute Gasteiger partial charge is 0.134 e. The topological polar surface area (TPSA) is 13.1 Å². The molecule has 1 aromatic heterocycles. The van der Waals surface area contributed by atoms with Crippen LogP contribution in [0, 0.1) is 0 Å². The number of hydrogen-bond acceptors (Lipinski definition) is 1. The maximum absolute atomic E-state index is 6.20. The fourth-order valence-corrected chi connectivity index (χ4v) is 7.00. The average Bonchev–Trinajstić information content (AvgIpc) is 3.38. The highest BCUT2D eigenvalue weighted by Crippen LogP contribution is 2.45. The van der Waals surface area contributed by atoms with Gasteiger partial charge in [0.25, 0.3) is 0 Å². The monoisotopic (exact) mass is 496 g/mol. The lowest BCUT2D eigenvalue weighted by molar-refractivity contribution is 0.548. The summed E-state index contributed by atoms with van der Waals surface area (Å²) in [4.78, 5) is 0. The number of benzene rings is 7. The summed E-state index contributed by atoms with van der Waals surface area (Å²) >= 11 is 0. The maximum Gasteiger partial charge on any atom is 0.134 e. The van der Waals surface area contributed by atoms with Gasteiger partial charge in [0, 0.05) is 17.4 Å². The van der Waals surface area contributed by atoms with E-state index in [9.17, 15) is 0 Å². The molecule has 0 amide bonds. The molecule has 1 heterocycles. The third-order valence-corrected chi connectivity index (χ3v) is 8.73. The van der Waals surface area contributed by atoms with E-state index in [0.717, 1.165) is 24.2 Å². The van der Waals surface area contributed by atoms with Gasteiger partial charge < -0.3 is 4.42 Å². The molecule has 39 heavy (non-hydrogen) atoms. The molecule has 0 bridgehead atoms. The standard InChI is InChI=1S/C38H24O/c1-4-13-30-25(9-1)26-10-2-6-15-32(26)38-34-22-23(17-19-28(34)27-11-3-5-14-31(27)37(30)38)24-18-20-36-33(21-24)29-12-7-8-16-35(29)39-36/h1-17,19,21-22H,18,20H2. The molecule has 182 valence electrons. The Kier molecular flexibility index (Phi) is 4.23. The van der Waals surface area contributed by atoms with Gasteiger partial charge in [0.05, 0.1) is 0 Å². The first kappa shape index (κ1) is 21.1. The van der Waals surface area contributed by atoms with E-state index in [-0.39, 0.29) is 0 Å². The molecule has 7 aromatic carbocycles. The van der Waals surface area contributed by atoms with E-state index >= 15 is 0 Å². The summed E-state index contributed by atoms with van der Waals surface area (Å²) < 4.78 is 6.20. The summed E-state index contributed by atoms with van der Waals surface area (Å²) in [6.07, 6.45) is 4.27. The number of para-hydroxylation sites is 1. The lowest BCUT2D eigenvalue weighted by Crippen LogP contribution is -1.97. The van der Waals surface area contributed by atoms with Crippen molar-refractivity contribution in [3.05, 3.63) is 132 Å². The normalized spacial score (nSPS) is 13.6. The predicted molar refractivity (Wildman–Crippen MR) is 166 cm³/mol. The Morgan fingerprint density at radius 3 is 1.59 bits per heavy atom. The first-order chi connectivity index (χ1) is 19.3. The summed E-state index contributed by atoms with van der Waals surface area (Å²) in [5, 5.41) is 14.5. The lowest BCUT2D eigenvalue weighted by Gasteiger charge is -2.18. The zero-order chi connectivity index (χ0) is 25.5. The van der Waals surface area contributed by atoms with Crippen molar-refractivity contribution in [2.24, 2.45) is 0 Å². The highest BCUT2D eigenvalue weighted by Gasteiger charge is 2.20. The highest BCUT2D eigenvalue weighted by molar-refractivity contribution is 6.39. The molecule has 0 aliphatic heterocycles. The van der Waals surface area contributed by atoms with Gasteiger partial charge in [-0.25, -0.2) is 0 Å². The third-order valence-electron chi connectivity index (χ3n) is 8.73. The molecule has 0 spiro atoms. The minimum atomic E-state index is 0.930. The molecule has 0 fully saturated rings. The fraction of sp³-hybridized carbons (Fsp3) is 0.0526. The van der Waals surface area contributed by atoms with Crippen LogP contribution in [0.3, 0.4) is 0 Å². The zero-order valence-corrected chi connectivity index (χ0v) is 21.4. The quantitative estimate of drug-likeness (QED) is 0.206. The van der Waals surface area contributed by atoms with Gasteiger partial charge in [-0.05, 0) is 89.6 Å². The predicted octanol–water partition coefficient (Wildman–Crippen LogP) is 10.7. The Morgan fingerprint density at radius 1 is 0.436 bits per heavy atom. The summed E-state index contributed by atoms with van der Waals surface area (Å²) in [6.45, 7) is 0. The van der Waals surface area contributed by atoms with Crippen molar-refractivity contribution in [2.75, 3.05) is 0 Å². The van der Waals surface area contributed by atoms with E-state index in [0.29, 0.717) is 0 Å². The molecule has 8 aromatic rings. The Morgan fingerprint density at radius 2 is 0.949 bits per heavy atom. The van der Waals surface area contributed by atoms with Crippen LogP contribution in [0.2, 0.25) is 0 Å². The molecule has 1 nitrogen and oxygen atoms in total. The summed E-state index contributed by atoms with van der Waals surface area (Å²) in [5.74, 6) is 1.11. The molecule has 0 radical (unpaired) electrons. The van der Waals surface area contributed by atoms with E-state index in [2.05, 4.69) is 121 Å². The number of furan rings is 1. The van der Waals surface area contributed by atoms with Crippen molar-refractivity contribution in [2.45, 2.75) is 12.8 Å². The second kappa shape index (κ2) is 7.82. The molecule has 1 aliphatic carbocycles. The minimum absolute atomic E-state index is 0.930. The van der Waals surface area contributed by atoms with Crippen LogP contribution >= 0.6 is 0 Å². The highest BCUT2D eigenvalue weighted by atomic mass is 16.3. The molecule has 9 rings (SSSR count). The average molecular weight is 497 g/mol. The molecular formula is C38H24O. The minimum Gasteiger partial charge on any atom is -0.460 e. The lowest BCUT2D eigenvalue weighted by atomic mass is 9.85. The van der Waals surface area contributed by atoms with E-state index < -0.39 is 0 Å². The Hall–Kier alpha value is -4.88. The second-order valence-corrected chi connectivity index (χ2v) is 10.8. The van der Waals surface area contributed by atoms with Crippen molar-refractivity contribution in [3.8, 4) is 0 Å². The van der Waals surface area contributed by atoms with Gasteiger partial charge in [-0.1, -0.05) is 103 Å². The largest absolute Gasteiger partial charge is 0.460 e. The Bertz CT molecular complexity index is 2310. The van der Waals surface area contributed by atoms with Gasteiger partial charge in [0.15, 0.2) is 0 Å². The van der Waals surface area contributed by atoms with E-state index in [1.807, 2.05) is 0 Å². The van der Waals surface area contributed by atoms with Gasteiger partial charge in [0.2, 0.25) is 0 Å². The number of aryl methyl sites for hydroxylation is 1. The first-order valence-electron chi connectivity index (χ1n) is 13.7. The van der Waals surface area contributed by atoms with Crippen LogP contribution in [0.25, 0.3) is 76.5 Å². The Labute approximate surface area is 225 Å². The zero-order valence-electron chi connectivity index (χ0n) is 21.4. The summed E-state index contributed by atoms with van der Waals surface area (Å²) in [5.41, 5.74) is 4.90. The summed E-state index contributed by atoms with van der Waals surface area (Å²) in [7, 11) is 0. The molecule has 1 aliphatic rings. The molecular weight excluding hydrogens is 472 g/mol. The van der Waals surface area contributed by atoms with E-state index in [1.165, 1.54) is 75.9 Å². The molecule has 0 N–H and O–H groups in total. The van der Waals surface area contributed by atoms with E-state index in [1.54, 1.807) is 0 Å². The molecule has 0 atom stereocenters. The van der Waals surface area contributed by atoms with Gasteiger partial charge in [-0.15, -0.1) is 0 Å². The maximum atomic E-state index is 6.20. The van der Waals surface area contributed by atoms with Crippen LogP contribution in [-0.2, 0) is 6.42 Å². The number of hydrogen-bond donors (Lipinski definition) is 0. The number of rotatable bonds is 1. The molecule has 0 saturated heterocycles. The second-order valence-electron chi connectivity index (χ2n) is 10.8. The molecule has 0 saturated carbocycles. The molecule has 1 heteroatoms. The van der Waals surface area contributed by atoms with Crippen LogP contribution in [0.15, 0.2) is 120 Å². The van der Waals surface area contributed by atoms with Crippen LogP contribution in [-0.4, -0.2) is 0 Å². The van der Waals surface area contributed by atoms with E-state index in [4.69, 9.17) is 4.42 Å². The van der Waals surface area contributed by atoms with Crippen LogP contribution in [0.5, 0.6) is 0 Å². The number of fused-ring (bicyclic) bond motifs is 14. The Balaban J connectivity index is 1.43. The van der Waals surface area contributed by atoms with Gasteiger partial charge in [-0.3, -0.25) is 0 Å². The van der Waals surface area contributed by atoms with Crippen LogP contribution < -0.4 is 0 Å². The van der Waals surface area contributed by atoms with Crippen molar-refractivity contribution in [3.63, 3.8) is 0 Å². The van der Waals surface area contributed by atoms with Crippen molar-refractivity contribution < 1.29 is 4.42 Å². The van der Waals surface area contributed by atoms with Crippen molar-refractivity contribution in [1.82, 2.24) is 0 Å². The molecule has 0 unspecified atom stereocenters. The van der Waals surface area contributed by atoms with Gasteiger partial charge in [0.1, 0.15) is 11.3 Å². The van der Waals surface area contributed by atoms with Gasteiger partial charge >= 0.3 is 0 Å². The van der Waals surface area contributed by atoms with Crippen LogP contribution in [0.4, 0.5) is 0 Å². The number of allylic oxidation sites excluding steroid dienone is 1. The van der Waals surface area contributed by atoms with Crippen molar-refractivity contribution >= 4 is 76.5 Å². The fourth-order valence-electron chi connectivity index (χ4n) is 7.00. The third kappa shape index (κ3) is 2.90. The SMILES string of the molecule is C1=C(c2ccc3c4ccccc4c4c5ccccc5c5ccccc5c4c3c2)CCc2oc3ccccc3c21. The van der Waals surface area contributed by atoms with Gasteiger partial charge in [-0.2, -0.15) is 0 Å². The first-order valence-corrected chi connectivity index (χ1v) is 13.7. The van der Waals surface area contributed by atoms with Crippen molar-refractivity contribution in [1.29, 1.82) is 0 Å².